The molecule has 0 aliphatic carbocycles. The first-order valence-corrected chi connectivity index (χ1v) is 13.7. The number of piperidine rings is 1. The minimum absolute atomic E-state index is 0.0480. The summed E-state index contributed by atoms with van der Waals surface area (Å²) in [6.45, 7) is -0.556. The van der Waals surface area contributed by atoms with E-state index in [0.717, 1.165) is 0 Å². The molecule has 1 aliphatic rings. The minimum atomic E-state index is -4.29. The quantitative estimate of drug-likeness (QED) is 0.314. The maximum atomic E-state index is 13.4. The molecule has 1 fully saturated rings. The smallest absolute Gasteiger partial charge is 0.340 e. The van der Waals surface area contributed by atoms with Crippen LogP contribution < -0.4 is 16.4 Å². The van der Waals surface area contributed by atoms with Crippen molar-refractivity contribution in [2.45, 2.75) is 30.0 Å². The lowest BCUT2D eigenvalue weighted by molar-refractivity contribution is -0.148. The lowest BCUT2D eigenvalue weighted by atomic mass is 10.1. The zero-order valence-corrected chi connectivity index (χ0v) is 21.7. The molecule has 0 radical (unpaired) electrons. The molecule has 14 heteroatoms. The molecule has 210 valence electrons. The highest BCUT2D eigenvalue weighted by atomic mass is 32.2. The first-order chi connectivity index (χ1) is 18.5. The Morgan fingerprint density at radius 2 is 1.59 bits per heavy atom. The average molecular weight is 568 g/mol. The van der Waals surface area contributed by atoms with E-state index in [1.165, 1.54) is 39.7 Å². The number of rotatable bonds is 10. The predicted molar refractivity (Wildman–Crippen MR) is 140 cm³/mol. The van der Waals surface area contributed by atoms with Crippen LogP contribution in [0.25, 0.3) is 0 Å². The van der Waals surface area contributed by atoms with Crippen LogP contribution in [0.5, 0.6) is 0 Å². The van der Waals surface area contributed by atoms with Gasteiger partial charge in [-0.2, -0.15) is 22.5 Å². The van der Waals surface area contributed by atoms with E-state index in [9.17, 15) is 26.0 Å². The number of benzene rings is 2. The maximum Gasteiger partial charge on any atom is 0.401 e. The Balaban J connectivity index is 1.42. The van der Waals surface area contributed by atoms with Gasteiger partial charge in [0.2, 0.25) is 16.0 Å². The number of halogens is 4. The van der Waals surface area contributed by atoms with Crippen molar-refractivity contribution in [1.29, 1.82) is 0 Å². The third-order valence-electron chi connectivity index (χ3n) is 6.21. The Hall–Kier alpha value is -3.33. The van der Waals surface area contributed by atoms with Crippen molar-refractivity contribution >= 4 is 33.2 Å². The fraction of sp³-hybridized carbons (Fsp3) is 0.360. The zero-order valence-electron chi connectivity index (χ0n) is 20.9. The minimum Gasteiger partial charge on any atom is -0.340 e. The molecule has 0 saturated carbocycles. The van der Waals surface area contributed by atoms with Gasteiger partial charge in [-0.15, -0.1) is 0 Å². The van der Waals surface area contributed by atoms with Crippen LogP contribution in [0, 0.1) is 5.82 Å². The highest BCUT2D eigenvalue weighted by Crippen LogP contribution is 2.27. The second-order valence-electron chi connectivity index (χ2n) is 9.07. The molecular weight excluding hydrogens is 538 g/mol. The molecule has 2 aromatic carbocycles. The van der Waals surface area contributed by atoms with Crippen molar-refractivity contribution in [3.05, 3.63) is 66.6 Å². The first-order valence-electron chi connectivity index (χ1n) is 12.3. The number of hydrogen-bond donors (Lipinski definition) is 3. The summed E-state index contributed by atoms with van der Waals surface area (Å²) in [4.78, 5) is 9.86. The van der Waals surface area contributed by atoms with Crippen molar-refractivity contribution in [2.24, 2.45) is 5.73 Å². The Bertz CT molecular complexity index is 1330. The van der Waals surface area contributed by atoms with Gasteiger partial charge in [0.1, 0.15) is 11.6 Å². The van der Waals surface area contributed by atoms with E-state index in [1.807, 2.05) is 0 Å². The van der Waals surface area contributed by atoms with Gasteiger partial charge in [-0.3, -0.25) is 4.90 Å². The predicted octanol–water partition coefficient (Wildman–Crippen LogP) is 4.08. The molecular formula is C25H29F4N7O2S. The second-order valence-corrected chi connectivity index (χ2v) is 11.0. The van der Waals surface area contributed by atoms with Gasteiger partial charge < -0.3 is 16.4 Å². The standard InChI is InChI=1S/C25H29F4N7O2S/c26-18-1-3-19(4-2-18)32-23-9-13-31-24(34-23)33-20-5-7-22(8-6-20)39(37,38)36(16-12-30)21-10-14-35(15-11-21)17-25(27,28)29/h1-9,13,21H,10-12,14-17,30H2,(H2,31,32,33,34). The average Bonchev–Trinajstić information content (AvgIpc) is 2.89. The lowest BCUT2D eigenvalue weighted by Crippen LogP contribution is -2.50. The molecule has 0 atom stereocenters. The van der Waals surface area contributed by atoms with Gasteiger partial charge in [0.15, 0.2) is 0 Å². The third-order valence-corrected chi connectivity index (χ3v) is 8.17. The SMILES string of the molecule is NCCN(C1CCN(CC(F)(F)F)CC1)S(=O)(=O)c1ccc(Nc2nccc(Nc3ccc(F)cc3)n2)cc1. The van der Waals surface area contributed by atoms with Crippen LogP contribution in [-0.2, 0) is 10.0 Å². The maximum absolute atomic E-state index is 13.4. The van der Waals surface area contributed by atoms with Crippen molar-refractivity contribution < 1.29 is 26.0 Å². The number of nitrogens with zero attached hydrogens (tertiary/aromatic N) is 4. The molecule has 0 spiro atoms. The molecule has 0 bridgehead atoms. The van der Waals surface area contributed by atoms with E-state index < -0.39 is 28.8 Å². The van der Waals surface area contributed by atoms with E-state index in [0.29, 0.717) is 17.2 Å². The van der Waals surface area contributed by atoms with Gasteiger partial charge in [0, 0.05) is 49.8 Å². The van der Waals surface area contributed by atoms with E-state index in [4.69, 9.17) is 5.73 Å². The molecule has 9 nitrogen and oxygen atoms in total. The summed E-state index contributed by atoms with van der Waals surface area (Å²) in [5.41, 5.74) is 6.87. The highest BCUT2D eigenvalue weighted by molar-refractivity contribution is 7.89. The van der Waals surface area contributed by atoms with Crippen LogP contribution in [0.2, 0.25) is 0 Å². The zero-order chi connectivity index (χ0) is 28.0. The number of hydrogen-bond acceptors (Lipinski definition) is 8. The number of nitrogens with one attached hydrogen (secondary N) is 2. The van der Waals surface area contributed by atoms with E-state index >= 15 is 0 Å². The summed E-state index contributed by atoms with van der Waals surface area (Å²) >= 11 is 0. The monoisotopic (exact) mass is 567 g/mol. The molecule has 39 heavy (non-hydrogen) atoms. The Morgan fingerprint density at radius 3 is 2.21 bits per heavy atom. The van der Waals surface area contributed by atoms with Crippen LogP contribution in [0.4, 0.5) is 40.7 Å². The number of alkyl halides is 3. The Morgan fingerprint density at radius 1 is 0.974 bits per heavy atom. The van der Waals surface area contributed by atoms with Gasteiger partial charge in [0.25, 0.3) is 0 Å². The summed E-state index contributed by atoms with van der Waals surface area (Å²) < 4.78 is 79.5. The Labute approximate surface area is 224 Å². The second kappa shape index (κ2) is 12.2. The van der Waals surface area contributed by atoms with Crippen molar-refractivity contribution in [1.82, 2.24) is 19.2 Å². The van der Waals surface area contributed by atoms with Gasteiger partial charge in [-0.25, -0.2) is 17.8 Å². The largest absolute Gasteiger partial charge is 0.401 e. The van der Waals surface area contributed by atoms with Crippen molar-refractivity contribution in [3.63, 3.8) is 0 Å². The summed E-state index contributed by atoms with van der Waals surface area (Å²) in [5.74, 6) is 0.374. The number of aromatic nitrogens is 2. The van der Waals surface area contributed by atoms with Gasteiger partial charge in [-0.05, 0) is 67.4 Å². The number of nitrogens with two attached hydrogens (primary N) is 1. The van der Waals surface area contributed by atoms with E-state index in [-0.39, 0.29) is 55.7 Å². The summed E-state index contributed by atoms with van der Waals surface area (Å²) in [6.07, 6.45) is -2.19. The van der Waals surface area contributed by atoms with Crippen molar-refractivity contribution in [2.75, 3.05) is 43.4 Å². The Kier molecular flexibility index (Phi) is 9.00. The highest BCUT2D eigenvalue weighted by Gasteiger charge is 2.36. The molecule has 1 aliphatic heterocycles. The van der Waals surface area contributed by atoms with Gasteiger partial charge >= 0.3 is 6.18 Å². The molecule has 0 amide bonds. The van der Waals surface area contributed by atoms with Crippen LogP contribution >= 0.6 is 0 Å². The molecule has 1 aromatic heterocycles. The number of likely N-dealkylation sites (tertiary alicyclic amines) is 1. The fourth-order valence-corrected chi connectivity index (χ4v) is 6.09. The van der Waals surface area contributed by atoms with Gasteiger partial charge in [0.05, 0.1) is 11.4 Å². The molecule has 0 unspecified atom stereocenters. The van der Waals surface area contributed by atoms with Crippen LogP contribution in [0.1, 0.15) is 12.8 Å². The summed E-state index contributed by atoms with van der Waals surface area (Å²) in [5, 5.41) is 6.06. The van der Waals surface area contributed by atoms with Crippen molar-refractivity contribution in [3.8, 4) is 0 Å². The molecule has 1 saturated heterocycles. The van der Waals surface area contributed by atoms with Crippen LogP contribution in [0.3, 0.4) is 0 Å². The third kappa shape index (κ3) is 7.85. The normalized spacial score (nSPS) is 15.4. The number of anilines is 4. The van der Waals surface area contributed by atoms with Gasteiger partial charge in [-0.1, -0.05) is 0 Å². The fourth-order valence-electron chi connectivity index (χ4n) is 4.39. The van der Waals surface area contributed by atoms with E-state index in [2.05, 4.69) is 20.6 Å². The number of sulfonamides is 1. The first kappa shape index (κ1) is 28.7. The van der Waals surface area contributed by atoms with Crippen LogP contribution in [0.15, 0.2) is 65.7 Å². The molecule has 4 rings (SSSR count). The molecule has 4 N–H and O–H groups in total. The molecule has 3 aromatic rings. The van der Waals surface area contributed by atoms with E-state index in [1.54, 1.807) is 30.3 Å². The summed E-state index contributed by atoms with van der Waals surface area (Å²) in [7, 11) is -3.93. The lowest BCUT2D eigenvalue weighted by Gasteiger charge is -2.37. The van der Waals surface area contributed by atoms with Crippen LogP contribution in [-0.4, -0.2) is 72.5 Å². The summed E-state index contributed by atoms with van der Waals surface area (Å²) in [6, 6.07) is 13.0. The molecule has 2 heterocycles. The topological polar surface area (TPSA) is 116 Å².